The Morgan fingerprint density at radius 1 is 0.543 bits per heavy atom. The van der Waals surface area contributed by atoms with Gasteiger partial charge in [-0.3, -0.25) is 0 Å². The summed E-state index contributed by atoms with van der Waals surface area (Å²) in [5.41, 5.74) is 13.0. The standard InChI is InChI=1S/C34H29N/c1-2-8-25-13-19-31(20-14-25)35(30-10-4-3-5-11-30)32-21-17-26(18-22-32)27-15-16-29-23-28-9-6-7-12-33(28)34(29)24-27/h3-7,9-22,24H,2,8,23H2,1H3. The van der Waals surface area contributed by atoms with Crippen LogP contribution in [0.1, 0.15) is 30.0 Å². The molecule has 6 rings (SSSR count). The van der Waals surface area contributed by atoms with Gasteiger partial charge in [0.15, 0.2) is 0 Å². The molecule has 0 bridgehead atoms. The van der Waals surface area contributed by atoms with E-state index in [1.54, 1.807) is 0 Å². The minimum absolute atomic E-state index is 1.04. The fourth-order valence-corrected chi connectivity index (χ4v) is 5.23. The first-order valence-corrected chi connectivity index (χ1v) is 12.6. The SMILES string of the molecule is CCCc1ccc(N(c2ccccc2)c2ccc(-c3ccc4c(c3)-c3ccccc3C4)cc2)cc1. The summed E-state index contributed by atoms with van der Waals surface area (Å²) in [5.74, 6) is 0. The molecule has 0 radical (unpaired) electrons. The molecule has 0 heterocycles. The highest BCUT2D eigenvalue weighted by Crippen LogP contribution is 2.40. The highest BCUT2D eigenvalue weighted by Gasteiger charge is 2.18. The summed E-state index contributed by atoms with van der Waals surface area (Å²) in [7, 11) is 0. The monoisotopic (exact) mass is 451 g/mol. The first kappa shape index (κ1) is 21.4. The molecular weight excluding hydrogens is 422 g/mol. The van der Waals surface area contributed by atoms with Gasteiger partial charge in [-0.25, -0.2) is 0 Å². The average Bonchev–Trinajstić information content (AvgIpc) is 3.29. The molecule has 5 aromatic rings. The Labute approximate surface area is 208 Å². The summed E-state index contributed by atoms with van der Waals surface area (Å²) in [5, 5.41) is 0. The third-order valence-electron chi connectivity index (χ3n) is 7.00. The normalized spacial score (nSPS) is 11.7. The molecule has 0 aromatic heterocycles. The van der Waals surface area contributed by atoms with Gasteiger partial charge in [-0.15, -0.1) is 0 Å². The smallest absolute Gasteiger partial charge is 0.0462 e. The summed E-state index contributed by atoms with van der Waals surface area (Å²) >= 11 is 0. The fraction of sp³-hybridized carbons (Fsp3) is 0.118. The van der Waals surface area contributed by atoms with E-state index in [9.17, 15) is 0 Å². The quantitative estimate of drug-likeness (QED) is 0.244. The maximum atomic E-state index is 2.36. The van der Waals surface area contributed by atoms with E-state index in [0.717, 1.165) is 30.6 Å². The van der Waals surface area contributed by atoms with Gasteiger partial charge in [0, 0.05) is 17.1 Å². The van der Waals surface area contributed by atoms with Crippen LogP contribution in [-0.2, 0) is 12.8 Å². The third kappa shape index (κ3) is 4.15. The van der Waals surface area contributed by atoms with E-state index >= 15 is 0 Å². The van der Waals surface area contributed by atoms with Crippen molar-refractivity contribution in [3.63, 3.8) is 0 Å². The van der Waals surface area contributed by atoms with Crippen molar-refractivity contribution in [3.8, 4) is 22.3 Å². The van der Waals surface area contributed by atoms with Crippen LogP contribution < -0.4 is 4.90 Å². The lowest BCUT2D eigenvalue weighted by Gasteiger charge is -2.26. The van der Waals surface area contributed by atoms with Crippen LogP contribution in [0.4, 0.5) is 17.1 Å². The molecule has 0 atom stereocenters. The number of para-hydroxylation sites is 1. The second kappa shape index (κ2) is 9.27. The van der Waals surface area contributed by atoms with Gasteiger partial charge in [0.2, 0.25) is 0 Å². The first-order valence-electron chi connectivity index (χ1n) is 12.6. The van der Waals surface area contributed by atoms with E-state index in [-0.39, 0.29) is 0 Å². The Hall–Kier alpha value is -4.10. The number of benzene rings is 5. The van der Waals surface area contributed by atoms with Gasteiger partial charge in [0.05, 0.1) is 0 Å². The number of rotatable bonds is 6. The average molecular weight is 452 g/mol. The van der Waals surface area contributed by atoms with Crippen molar-refractivity contribution in [3.05, 3.63) is 138 Å². The van der Waals surface area contributed by atoms with Gasteiger partial charge in [0.1, 0.15) is 0 Å². The number of fused-ring (bicyclic) bond motifs is 3. The second-order valence-electron chi connectivity index (χ2n) is 9.34. The van der Waals surface area contributed by atoms with Crippen molar-refractivity contribution in [1.29, 1.82) is 0 Å². The number of hydrogen-bond donors (Lipinski definition) is 0. The molecule has 5 aromatic carbocycles. The lowest BCUT2D eigenvalue weighted by Crippen LogP contribution is -2.09. The molecule has 0 aliphatic heterocycles. The zero-order valence-corrected chi connectivity index (χ0v) is 20.1. The topological polar surface area (TPSA) is 3.24 Å². The number of nitrogens with zero attached hydrogens (tertiary/aromatic N) is 1. The molecule has 0 saturated heterocycles. The Bertz CT molecular complexity index is 1450. The van der Waals surface area contributed by atoms with E-state index in [2.05, 4.69) is 133 Å². The molecule has 1 heteroatoms. The molecule has 0 N–H and O–H groups in total. The number of anilines is 3. The largest absolute Gasteiger partial charge is 0.311 e. The van der Waals surface area contributed by atoms with E-state index in [1.165, 1.54) is 44.6 Å². The Balaban J connectivity index is 1.35. The molecule has 1 aliphatic carbocycles. The van der Waals surface area contributed by atoms with E-state index in [4.69, 9.17) is 0 Å². The zero-order chi connectivity index (χ0) is 23.6. The predicted octanol–water partition coefficient (Wildman–Crippen LogP) is 9.35. The van der Waals surface area contributed by atoms with Crippen LogP contribution in [-0.4, -0.2) is 0 Å². The molecule has 1 aliphatic rings. The minimum Gasteiger partial charge on any atom is -0.311 e. The maximum absolute atomic E-state index is 2.36. The second-order valence-corrected chi connectivity index (χ2v) is 9.34. The van der Waals surface area contributed by atoms with Gasteiger partial charge in [0.25, 0.3) is 0 Å². The van der Waals surface area contributed by atoms with E-state index < -0.39 is 0 Å². The Kier molecular flexibility index (Phi) is 5.68. The molecule has 1 nitrogen and oxygen atoms in total. The van der Waals surface area contributed by atoms with Crippen LogP contribution in [0.5, 0.6) is 0 Å². The Morgan fingerprint density at radius 3 is 1.89 bits per heavy atom. The lowest BCUT2D eigenvalue weighted by atomic mass is 9.98. The summed E-state index contributed by atoms with van der Waals surface area (Å²) in [6, 6.07) is 44.3. The van der Waals surface area contributed by atoms with Crippen molar-refractivity contribution in [2.45, 2.75) is 26.2 Å². The van der Waals surface area contributed by atoms with Crippen molar-refractivity contribution in [1.82, 2.24) is 0 Å². The van der Waals surface area contributed by atoms with Gasteiger partial charge >= 0.3 is 0 Å². The molecule has 170 valence electrons. The molecular formula is C34H29N. The van der Waals surface area contributed by atoms with Gasteiger partial charge in [-0.1, -0.05) is 92.2 Å². The van der Waals surface area contributed by atoms with Crippen molar-refractivity contribution >= 4 is 17.1 Å². The van der Waals surface area contributed by atoms with Crippen molar-refractivity contribution in [2.24, 2.45) is 0 Å². The molecule has 0 spiro atoms. The predicted molar refractivity (Wildman–Crippen MR) is 149 cm³/mol. The molecule has 0 fully saturated rings. The van der Waals surface area contributed by atoms with Crippen molar-refractivity contribution < 1.29 is 0 Å². The van der Waals surface area contributed by atoms with Crippen LogP contribution in [0.3, 0.4) is 0 Å². The number of aryl methyl sites for hydroxylation is 1. The molecule has 0 saturated carbocycles. The van der Waals surface area contributed by atoms with Crippen LogP contribution in [0.25, 0.3) is 22.3 Å². The fourth-order valence-electron chi connectivity index (χ4n) is 5.23. The summed E-state index contributed by atoms with van der Waals surface area (Å²) in [6.07, 6.45) is 3.32. The first-order chi connectivity index (χ1) is 17.3. The third-order valence-corrected chi connectivity index (χ3v) is 7.00. The van der Waals surface area contributed by atoms with Crippen LogP contribution in [0.2, 0.25) is 0 Å². The van der Waals surface area contributed by atoms with E-state index in [0.29, 0.717) is 0 Å². The minimum atomic E-state index is 1.04. The van der Waals surface area contributed by atoms with Gasteiger partial charge in [-0.05, 0) is 94.3 Å². The van der Waals surface area contributed by atoms with E-state index in [1.807, 2.05) is 0 Å². The summed E-state index contributed by atoms with van der Waals surface area (Å²) in [6.45, 7) is 2.23. The maximum Gasteiger partial charge on any atom is 0.0462 e. The van der Waals surface area contributed by atoms with Crippen LogP contribution in [0, 0.1) is 0 Å². The summed E-state index contributed by atoms with van der Waals surface area (Å²) in [4.78, 5) is 2.33. The van der Waals surface area contributed by atoms with Crippen LogP contribution >= 0.6 is 0 Å². The van der Waals surface area contributed by atoms with Crippen molar-refractivity contribution in [2.75, 3.05) is 4.90 Å². The highest BCUT2D eigenvalue weighted by molar-refractivity contribution is 5.83. The van der Waals surface area contributed by atoms with Gasteiger partial charge < -0.3 is 4.90 Å². The Morgan fingerprint density at radius 2 is 1.14 bits per heavy atom. The van der Waals surface area contributed by atoms with Gasteiger partial charge in [-0.2, -0.15) is 0 Å². The zero-order valence-electron chi connectivity index (χ0n) is 20.1. The molecule has 0 unspecified atom stereocenters. The molecule has 35 heavy (non-hydrogen) atoms. The number of hydrogen-bond acceptors (Lipinski definition) is 1. The lowest BCUT2D eigenvalue weighted by molar-refractivity contribution is 0.922. The highest BCUT2D eigenvalue weighted by atomic mass is 15.1. The summed E-state index contributed by atoms with van der Waals surface area (Å²) < 4.78 is 0. The molecule has 0 amide bonds. The van der Waals surface area contributed by atoms with Crippen LogP contribution in [0.15, 0.2) is 121 Å².